The largest absolute Gasteiger partial charge is 0.468 e. The van der Waals surface area contributed by atoms with Crippen molar-refractivity contribution in [1.29, 1.82) is 0 Å². The Kier molecular flexibility index (Phi) is 5.24. The molecule has 1 aliphatic rings. The third-order valence-electron chi connectivity index (χ3n) is 1.82. The molecule has 5 nitrogen and oxygen atoms in total. The zero-order valence-electron chi connectivity index (χ0n) is 7.54. The summed E-state index contributed by atoms with van der Waals surface area (Å²) in [5.41, 5.74) is 4.73. The summed E-state index contributed by atoms with van der Waals surface area (Å²) in [4.78, 5) is 11.2. The summed E-state index contributed by atoms with van der Waals surface area (Å²) in [6, 6.07) is 0. The van der Waals surface area contributed by atoms with Crippen LogP contribution < -0.4 is 11.1 Å². The number of nitrogens with one attached hydrogen (secondary N) is 1. The summed E-state index contributed by atoms with van der Waals surface area (Å²) in [6.07, 6.45) is 0. The van der Waals surface area contributed by atoms with Gasteiger partial charge in [-0.15, -0.1) is 12.4 Å². The fourth-order valence-corrected chi connectivity index (χ4v) is 1.10. The minimum Gasteiger partial charge on any atom is -0.468 e. The zero-order valence-corrected chi connectivity index (χ0v) is 8.36. The van der Waals surface area contributed by atoms with Crippen LogP contribution in [0.15, 0.2) is 0 Å². The molecule has 0 aromatic heterocycles. The second-order valence-corrected chi connectivity index (χ2v) is 2.88. The van der Waals surface area contributed by atoms with E-state index in [0.717, 1.165) is 6.54 Å². The molecule has 13 heavy (non-hydrogen) atoms. The van der Waals surface area contributed by atoms with Crippen molar-refractivity contribution in [2.45, 2.75) is 5.54 Å². The number of methoxy groups -OCH3 is 1. The number of rotatable bonds is 1. The van der Waals surface area contributed by atoms with Crippen LogP contribution in [0.2, 0.25) is 0 Å². The van der Waals surface area contributed by atoms with Crippen molar-refractivity contribution < 1.29 is 14.3 Å². The van der Waals surface area contributed by atoms with E-state index in [-0.39, 0.29) is 19.0 Å². The van der Waals surface area contributed by atoms with Gasteiger partial charge in [0.05, 0.1) is 20.3 Å². The Morgan fingerprint density at radius 3 is 3.00 bits per heavy atom. The van der Waals surface area contributed by atoms with Gasteiger partial charge in [0.15, 0.2) is 5.54 Å². The van der Waals surface area contributed by atoms with Crippen LogP contribution in [-0.2, 0) is 14.3 Å². The Morgan fingerprint density at radius 2 is 2.38 bits per heavy atom. The summed E-state index contributed by atoms with van der Waals surface area (Å²) in [5, 5.41) is 3.00. The van der Waals surface area contributed by atoms with Crippen molar-refractivity contribution in [2.24, 2.45) is 5.73 Å². The molecule has 1 aliphatic heterocycles. The second-order valence-electron chi connectivity index (χ2n) is 2.88. The highest BCUT2D eigenvalue weighted by atomic mass is 35.5. The van der Waals surface area contributed by atoms with Gasteiger partial charge in [0.2, 0.25) is 0 Å². The Labute approximate surface area is 83.4 Å². The molecule has 78 valence electrons. The molecule has 1 saturated heterocycles. The van der Waals surface area contributed by atoms with Gasteiger partial charge in [0.25, 0.3) is 0 Å². The first-order chi connectivity index (χ1) is 5.69. The van der Waals surface area contributed by atoms with Crippen molar-refractivity contribution in [3.05, 3.63) is 0 Å². The maximum atomic E-state index is 11.2. The van der Waals surface area contributed by atoms with Crippen LogP contribution in [0.25, 0.3) is 0 Å². The Bertz CT molecular complexity index is 169. The highest BCUT2D eigenvalue weighted by Crippen LogP contribution is 2.05. The summed E-state index contributed by atoms with van der Waals surface area (Å²) < 4.78 is 9.71. The molecule has 3 N–H and O–H groups in total. The van der Waals surface area contributed by atoms with E-state index in [2.05, 4.69) is 10.1 Å². The summed E-state index contributed by atoms with van der Waals surface area (Å²) in [6.45, 7) is 1.91. The normalized spacial score (nSPS) is 28.5. The maximum absolute atomic E-state index is 11.2. The summed E-state index contributed by atoms with van der Waals surface area (Å²) >= 11 is 0. The first-order valence-electron chi connectivity index (χ1n) is 3.85. The molecule has 0 aliphatic carbocycles. The lowest BCUT2D eigenvalue weighted by Crippen LogP contribution is -2.57. The van der Waals surface area contributed by atoms with E-state index in [0.29, 0.717) is 13.2 Å². The van der Waals surface area contributed by atoms with Crippen molar-refractivity contribution in [1.82, 2.24) is 5.32 Å². The first-order valence-corrected chi connectivity index (χ1v) is 3.85. The third-order valence-corrected chi connectivity index (χ3v) is 1.82. The fourth-order valence-electron chi connectivity index (χ4n) is 1.10. The molecule has 0 aromatic carbocycles. The Hall–Kier alpha value is -0.360. The van der Waals surface area contributed by atoms with Gasteiger partial charge >= 0.3 is 5.97 Å². The molecule has 0 spiro atoms. The Morgan fingerprint density at radius 1 is 1.69 bits per heavy atom. The van der Waals surface area contributed by atoms with E-state index in [4.69, 9.17) is 10.5 Å². The van der Waals surface area contributed by atoms with E-state index in [1.54, 1.807) is 0 Å². The van der Waals surface area contributed by atoms with Crippen LogP contribution in [0.5, 0.6) is 0 Å². The predicted molar refractivity (Wildman–Crippen MR) is 49.9 cm³/mol. The van der Waals surface area contributed by atoms with Crippen LogP contribution in [0.4, 0.5) is 0 Å². The van der Waals surface area contributed by atoms with E-state index < -0.39 is 11.5 Å². The third kappa shape index (κ3) is 3.11. The molecule has 1 heterocycles. The quantitative estimate of drug-likeness (QED) is 0.538. The fraction of sp³-hybridized carbons (Fsp3) is 0.857. The van der Waals surface area contributed by atoms with Crippen molar-refractivity contribution in [2.75, 3.05) is 33.4 Å². The SMILES string of the molecule is COC(=O)C1(N)CNCCOC1.Cl. The topological polar surface area (TPSA) is 73.6 Å². The zero-order chi connectivity index (χ0) is 9.03. The molecular weight excluding hydrogens is 196 g/mol. The summed E-state index contributed by atoms with van der Waals surface area (Å²) in [7, 11) is 1.32. The molecule has 0 saturated carbocycles. The van der Waals surface area contributed by atoms with Gasteiger partial charge in [-0.3, -0.25) is 0 Å². The molecule has 0 radical (unpaired) electrons. The molecule has 1 atom stereocenters. The number of ether oxygens (including phenoxy) is 2. The predicted octanol–water partition coefficient (Wildman–Crippen LogP) is -1.10. The highest BCUT2D eigenvalue weighted by Gasteiger charge is 2.36. The van der Waals surface area contributed by atoms with Crippen molar-refractivity contribution in [3.8, 4) is 0 Å². The first kappa shape index (κ1) is 12.6. The van der Waals surface area contributed by atoms with E-state index in [1.165, 1.54) is 7.11 Å². The van der Waals surface area contributed by atoms with Crippen molar-refractivity contribution >= 4 is 18.4 Å². The van der Waals surface area contributed by atoms with E-state index in [1.807, 2.05) is 0 Å². The number of carbonyl (C=O) groups excluding carboxylic acids is 1. The lowest BCUT2D eigenvalue weighted by molar-refractivity contribution is -0.148. The van der Waals surface area contributed by atoms with Crippen LogP contribution >= 0.6 is 12.4 Å². The number of hydrogen-bond donors (Lipinski definition) is 2. The average molecular weight is 211 g/mol. The number of nitrogens with two attached hydrogens (primary N) is 1. The van der Waals surface area contributed by atoms with E-state index in [9.17, 15) is 4.79 Å². The molecular formula is C7H15ClN2O3. The number of halogens is 1. The molecule has 0 aromatic rings. The smallest absolute Gasteiger partial charge is 0.329 e. The number of hydrogen-bond acceptors (Lipinski definition) is 5. The minimum absolute atomic E-state index is 0. The van der Waals surface area contributed by atoms with Gasteiger partial charge < -0.3 is 20.5 Å². The molecule has 0 bridgehead atoms. The van der Waals surface area contributed by atoms with E-state index >= 15 is 0 Å². The average Bonchev–Trinajstić information content (AvgIpc) is 2.29. The molecule has 1 unspecified atom stereocenters. The molecule has 1 rings (SSSR count). The highest BCUT2D eigenvalue weighted by molar-refractivity contribution is 5.85. The maximum Gasteiger partial charge on any atom is 0.329 e. The lowest BCUT2D eigenvalue weighted by Gasteiger charge is -2.23. The van der Waals surface area contributed by atoms with Crippen molar-refractivity contribution in [3.63, 3.8) is 0 Å². The monoisotopic (exact) mass is 210 g/mol. The second kappa shape index (κ2) is 5.39. The van der Waals surface area contributed by atoms with Gasteiger partial charge in [0.1, 0.15) is 0 Å². The molecule has 0 amide bonds. The van der Waals surface area contributed by atoms with Crippen LogP contribution in [-0.4, -0.2) is 44.9 Å². The minimum atomic E-state index is -1.02. The molecule has 6 heteroatoms. The van der Waals surface area contributed by atoms with Gasteiger partial charge in [0, 0.05) is 13.1 Å². The number of esters is 1. The van der Waals surface area contributed by atoms with Gasteiger partial charge in [-0.2, -0.15) is 0 Å². The van der Waals surface area contributed by atoms with Crippen LogP contribution in [0, 0.1) is 0 Å². The molecule has 1 fully saturated rings. The van der Waals surface area contributed by atoms with Crippen LogP contribution in [0.3, 0.4) is 0 Å². The standard InChI is InChI=1S/C7H14N2O3.ClH/c1-11-6(10)7(8)4-9-2-3-12-5-7;/h9H,2-5,8H2,1H3;1H. The Balaban J connectivity index is 0.00000144. The lowest BCUT2D eigenvalue weighted by atomic mass is 10.0. The van der Waals surface area contributed by atoms with Gasteiger partial charge in [-0.25, -0.2) is 4.79 Å². The summed E-state index contributed by atoms with van der Waals surface area (Å²) in [5.74, 6) is -0.433. The van der Waals surface area contributed by atoms with Gasteiger partial charge in [-0.05, 0) is 0 Å². The van der Waals surface area contributed by atoms with Gasteiger partial charge in [-0.1, -0.05) is 0 Å². The number of carbonyl (C=O) groups is 1. The van der Waals surface area contributed by atoms with Crippen LogP contribution in [0.1, 0.15) is 0 Å².